The third kappa shape index (κ3) is 2.37. The topological polar surface area (TPSA) is 29.3 Å². The smallest absolute Gasteiger partial charge is 0.130 e. The molecule has 0 bridgehead atoms. The van der Waals surface area contributed by atoms with E-state index in [1.165, 1.54) is 28.6 Å². The lowest BCUT2D eigenvalue weighted by atomic mass is 10.0. The summed E-state index contributed by atoms with van der Waals surface area (Å²) in [6.07, 6.45) is 0.916. The first kappa shape index (κ1) is 13.7. The lowest BCUT2D eigenvalue weighted by molar-refractivity contribution is 0.177. The van der Waals surface area contributed by atoms with Gasteiger partial charge in [0.2, 0.25) is 0 Å². The molecule has 2 N–H and O–H groups in total. The number of rotatable bonds is 3. The van der Waals surface area contributed by atoms with Gasteiger partial charge in [-0.3, -0.25) is 4.90 Å². The van der Waals surface area contributed by atoms with Crippen LogP contribution in [0.2, 0.25) is 0 Å². The van der Waals surface area contributed by atoms with Gasteiger partial charge in [-0.2, -0.15) is 0 Å². The molecule has 20 heavy (non-hydrogen) atoms. The normalized spacial score (nSPS) is 16.9. The third-order valence-corrected chi connectivity index (χ3v) is 4.86. The van der Waals surface area contributed by atoms with Crippen LogP contribution in [0.15, 0.2) is 29.6 Å². The van der Waals surface area contributed by atoms with Gasteiger partial charge in [-0.1, -0.05) is 6.07 Å². The Morgan fingerprint density at radius 2 is 2.00 bits per heavy atom. The number of fused-ring (bicyclic) bond motifs is 1. The van der Waals surface area contributed by atoms with Gasteiger partial charge in [0, 0.05) is 30.1 Å². The van der Waals surface area contributed by atoms with Crippen molar-refractivity contribution in [2.45, 2.75) is 19.0 Å². The van der Waals surface area contributed by atoms with E-state index >= 15 is 0 Å². The van der Waals surface area contributed by atoms with E-state index in [2.05, 4.69) is 16.3 Å². The predicted octanol–water partition coefficient (Wildman–Crippen LogP) is 3.08. The minimum atomic E-state index is -0.517. The lowest BCUT2D eigenvalue weighted by Crippen LogP contribution is -2.38. The van der Waals surface area contributed by atoms with Crippen molar-refractivity contribution in [1.82, 2.24) is 4.90 Å². The molecule has 0 fully saturated rings. The summed E-state index contributed by atoms with van der Waals surface area (Å²) in [5.41, 5.74) is 7.13. The van der Waals surface area contributed by atoms with Crippen molar-refractivity contribution in [2.75, 3.05) is 13.1 Å². The van der Waals surface area contributed by atoms with Crippen LogP contribution in [0.5, 0.6) is 0 Å². The van der Waals surface area contributed by atoms with E-state index in [4.69, 9.17) is 5.73 Å². The Kier molecular flexibility index (Phi) is 3.83. The lowest BCUT2D eigenvalue weighted by Gasteiger charge is -2.34. The number of thiophene rings is 1. The van der Waals surface area contributed by atoms with Crippen LogP contribution < -0.4 is 5.73 Å². The van der Waals surface area contributed by atoms with E-state index in [0.29, 0.717) is 6.54 Å². The van der Waals surface area contributed by atoms with Gasteiger partial charge < -0.3 is 5.73 Å². The van der Waals surface area contributed by atoms with E-state index in [1.807, 2.05) is 0 Å². The van der Waals surface area contributed by atoms with Crippen LogP contribution in [0.3, 0.4) is 0 Å². The molecule has 0 saturated heterocycles. The molecule has 5 heteroatoms. The molecule has 1 aliphatic rings. The van der Waals surface area contributed by atoms with Crippen LogP contribution in [-0.2, 0) is 13.0 Å². The highest BCUT2D eigenvalue weighted by molar-refractivity contribution is 7.10. The Bertz CT molecular complexity index is 591. The van der Waals surface area contributed by atoms with Crippen molar-refractivity contribution >= 4 is 11.3 Å². The Labute approximate surface area is 120 Å². The second-order valence-electron chi connectivity index (χ2n) is 4.98. The van der Waals surface area contributed by atoms with Crippen LogP contribution in [0.4, 0.5) is 8.78 Å². The summed E-state index contributed by atoms with van der Waals surface area (Å²) >= 11 is 1.74. The van der Waals surface area contributed by atoms with Gasteiger partial charge in [-0.25, -0.2) is 8.78 Å². The molecule has 2 heterocycles. The third-order valence-electron chi connectivity index (χ3n) is 3.83. The monoisotopic (exact) mass is 294 g/mol. The van der Waals surface area contributed by atoms with E-state index in [-0.39, 0.29) is 12.1 Å². The summed E-state index contributed by atoms with van der Waals surface area (Å²) in [6, 6.07) is 5.64. The zero-order valence-electron chi connectivity index (χ0n) is 11.0. The molecular formula is C15H16F2N2S. The Morgan fingerprint density at radius 1 is 1.25 bits per heavy atom. The molecule has 0 aliphatic carbocycles. The summed E-state index contributed by atoms with van der Waals surface area (Å²) in [5, 5.41) is 2.06. The van der Waals surface area contributed by atoms with Crippen molar-refractivity contribution in [3.63, 3.8) is 0 Å². The molecule has 2 nitrogen and oxygen atoms in total. The number of benzene rings is 1. The molecule has 0 spiro atoms. The van der Waals surface area contributed by atoms with Crippen LogP contribution in [0.1, 0.15) is 22.0 Å². The van der Waals surface area contributed by atoms with E-state index in [1.54, 1.807) is 11.3 Å². The highest BCUT2D eigenvalue weighted by atomic mass is 32.1. The van der Waals surface area contributed by atoms with Crippen LogP contribution in [0, 0.1) is 11.6 Å². The quantitative estimate of drug-likeness (QED) is 0.942. The van der Waals surface area contributed by atoms with E-state index < -0.39 is 17.7 Å². The van der Waals surface area contributed by atoms with E-state index in [0.717, 1.165) is 13.0 Å². The molecule has 1 atom stereocenters. The number of nitrogens with zero attached hydrogens (tertiary/aromatic N) is 1. The minimum absolute atomic E-state index is 0.0914. The molecule has 0 saturated carbocycles. The maximum absolute atomic E-state index is 14.0. The highest BCUT2D eigenvalue weighted by Crippen LogP contribution is 2.31. The molecular weight excluding hydrogens is 278 g/mol. The van der Waals surface area contributed by atoms with Crippen LogP contribution in [-0.4, -0.2) is 18.0 Å². The molecule has 1 unspecified atom stereocenters. The summed E-state index contributed by atoms with van der Waals surface area (Å²) in [6.45, 7) is 1.69. The maximum Gasteiger partial charge on any atom is 0.130 e. The van der Waals surface area contributed by atoms with Crippen LogP contribution >= 0.6 is 11.3 Å². The van der Waals surface area contributed by atoms with Crippen molar-refractivity contribution in [3.8, 4) is 0 Å². The Balaban J connectivity index is 1.92. The average molecular weight is 294 g/mol. The van der Waals surface area contributed by atoms with Crippen LogP contribution in [0.25, 0.3) is 0 Å². The first-order valence-electron chi connectivity index (χ1n) is 6.64. The van der Waals surface area contributed by atoms with Gasteiger partial charge in [0.1, 0.15) is 11.6 Å². The number of hydrogen-bond acceptors (Lipinski definition) is 3. The molecule has 0 amide bonds. The second kappa shape index (κ2) is 5.60. The molecule has 2 aromatic rings. The SMILES string of the molecule is NCC(c1c(F)cccc1F)N1CCc2sccc2C1. The fraction of sp³-hybridized carbons (Fsp3) is 0.333. The average Bonchev–Trinajstić information content (AvgIpc) is 2.90. The minimum Gasteiger partial charge on any atom is -0.329 e. The first-order chi connectivity index (χ1) is 9.70. The van der Waals surface area contributed by atoms with Crippen molar-refractivity contribution in [2.24, 2.45) is 5.73 Å². The van der Waals surface area contributed by atoms with Crippen molar-refractivity contribution in [3.05, 3.63) is 57.3 Å². The maximum atomic E-state index is 14.0. The zero-order chi connectivity index (χ0) is 14.1. The fourth-order valence-electron chi connectivity index (χ4n) is 2.81. The first-order valence-corrected chi connectivity index (χ1v) is 7.52. The molecule has 1 aromatic heterocycles. The van der Waals surface area contributed by atoms with Gasteiger partial charge >= 0.3 is 0 Å². The number of nitrogens with two attached hydrogens (primary N) is 1. The van der Waals surface area contributed by atoms with Gasteiger partial charge in [-0.15, -0.1) is 11.3 Å². The number of halogens is 2. The summed E-state index contributed by atoms with van der Waals surface area (Å²) in [7, 11) is 0. The van der Waals surface area contributed by atoms with Crippen molar-refractivity contribution < 1.29 is 8.78 Å². The molecule has 0 radical (unpaired) electrons. The fourth-order valence-corrected chi connectivity index (χ4v) is 3.70. The molecule has 106 valence electrons. The predicted molar refractivity (Wildman–Crippen MR) is 76.6 cm³/mol. The largest absolute Gasteiger partial charge is 0.329 e. The van der Waals surface area contributed by atoms with Gasteiger partial charge in [0.05, 0.1) is 6.04 Å². The standard InChI is InChI=1S/C15H16F2N2S/c16-11-2-1-3-12(17)15(11)13(8-18)19-6-4-14-10(9-19)5-7-20-14/h1-3,5,7,13H,4,6,8-9,18H2. The highest BCUT2D eigenvalue weighted by Gasteiger charge is 2.28. The van der Waals surface area contributed by atoms with Gasteiger partial charge in [0.15, 0.2) is 0 Å². The van der Waals surface area contributed by atoms with Gasteiger partial charge in [0.25, 0.3) is 0 Å². The zero-order valence-corrected chi connectivity index (χ0v) is 11.8. The molecule has 1 aromatic carbocycles. The number of hydrogen-bond donors (Lipinski definition) is 1. The summed E-state index contributed by atoms with van der Waals surface area (Å²) < 4.78 is 27.9. The Hall–Kier alpha value is -1.30. The second-order valence-corrected chi connectivity index (χ2v) is 5.98. The van der Waals surface area contributed by atoms with E-state index in [9.17, 15) is 8.78 Å². The van der Waals surface area contributed by atoms with Gasteiger partial charge in [-0.05, 0) is 35.6 Å². The Morgan fingerprint density at radius 3 is 2.70 bits per heavy atom. The molecule has 3 rings (SSSR count). The molecule has 1 aliphatic heterocycles. The summed E-state index contributed by atoms with van der Waals surface area (Å²) in [5.74, 6) is -1.03. The van der Waals surface area contributed by atoms with Crippen molar-refractivity contribution in [1.29, 1.82) is 0 Å². The summed E-state index contributed by atoms with van der Waals surface area (Å²) in [4.78, 5) is 3.43.